The van der Waals surface area contributed by atoms with Crippen molar-refractivity contribution in [2.45, 2.75) is 6.42 Å². The number of rotatable bonds is 5. The molecular formula is C6H13NO2S. The maximum absolute atomic E-state index is 10.6. The van der Waals surface area contributed by atoms with E-state index in [9.17, 15) is 4.79 Å². The number of nitrogens with one attached hydrogen (secondary N) is 1. The molecule has 0 aromatic carbocycles. The van der Waals surface area contributed by atoms with Crippen LogP contribution in [-0.4, -0.2) is 31.9 Å². The molecule has 1 amide bonds. The fraction of sp³-hybridized carbons (Fsp3) is 0.833. The third-order valence-electron chi connectivity index (χ3n) is 0.988. The summed E-state index contributed by atoms with van der Waals surface area (Å²) in [5, 5.41) is 2.50. The zero-order chi connectivity index (χ0) is 7.82. The van der Waals surface area contributed by atoms with Crippen LogP contribution in [0.15, 0.2) is 0 Å². The van der Waals surface area contributed by atoms with E-state index in [1.54, 1.807) is 7.05 Å². The topological polar surface area (TPSA) is 38.3 Å². The normalized spacial score (nSPS) is 9.40. The Morgan fingerprint density at radius 1 is 1.60 bits per heavy atom. The van der Waals surface area contributed by atoms with Gasteiger partial charge in [0.05, 0.1) is 13.2 Å². The predicted octanol–water partition coefficient (Wildman–Crippen LogP) is 0.0689. The number of thiol groups is 1. The first-order valence-electron chi connectivity index (χ1n) is 3.20. The van der Waals surface area contributed by atoms with Crippen LogP contribution in [0.5, 0.6) is 0 Å². The van der Waals surface area contributed by atoms with Crippen molar-refractivity contribution in [3.05, 3.63) is 0 Å². The molecule has 0 rings (SSSR count). The van der Waals surface area contributed by atoms with Crippen molar-refractivity contribution >= 4 is 18.5 Å². The first-order chi connectivity index (χ1) is 4.81. The van der Waals surface area contributed by atoms with Gasteiger partial charge in [0.1, 0.15) is 0 Å². The molecule has 1 N–H and O–H groups in total. The maximum Gasteiger partial charge on any atom is 0.222 e. The van der Waals surface area contributed by atoms with E-state index < -0.39 is 0 Å². The molecule has 4 heteroatoms. The van der Waals surface area contributed by atoms with E-state index >= 15 is 0 Å². The molecule has 0 aromatic heterocycles. The number of amides is 1. The summed E-state index contributed by atoms with van der Waals surface area (Å²) in [5.41, 5.74) is 0. The lowest BCUT2D eigenvalue weighted by atomic mass is 10.4. The number of hydrogen-bond donors (Lipinski definition) is 2. The monoisotopic (exact) mass is 163 g/mol. The number of ether oxygens (including phenoxy) is 1. The van der Waals surface area contributed by atoms with Crippen LogP contribution in [0.1, 0.15) is 6.42 Å². The molecular weight excluding hydrogens is 150 g/mol. The van der Waals surface area contributed by atoms with Gasteiger partial charge in [-0.15, -0.1) is 0 Å². The van der Waals surface area contributed by atoms with Crippen molar-refractivity contribution in [1.29, 1.82) is 0 Å². The van der Waals surface area contributed by atoms with Crippen LogP contribution < -0.4 is 5.32 Å². The van der Waals surface area contributed by atoms with Crippen LogP contribution in [0.3, 0.4) is 0 Å². The summed E-state index contributed by atoms with van der Waals surface area (Å²) < 4.78 is 5.02. The van der Waals surface area contributed by atoms with Crippen molar-refractivity contribution in [3.63, 3.8) is 0 Å². The molecule has 0 saturated heterocycles. The van der Waals surface area contributed by atoms with E-state index in [4.69, 9.17) is 4.74 Å². The molecule has 0 heterocycles. The van der Waals surface area contributed by atoms with Gasteiger partial charge in [0.25, 0.3) is 0 Å². The molecule has 0 aliphatic rings. The van der Waals surface area contributed by atoms with Gasteiger partial charge in [-0.25, -0.2) is 0 Å². The maximum atomic E-state index is 10.6. The minimum absolute atomic E-state index is 0.0131. The molecule has 0 bridgehead atoms. The smallest absolute Gasteiger partial charge is 0.222 e. The van der Waals surface area contributed by atoms with Crippen LogP contribution >= 0.6 is 12.6 Å². The zero-order valence-electron chi connectivity index (χ0n) is 6.09. The molecule has 0 aromatic rings. The van der Waals surface area contributed by atoms with Gasteiger partial charge in [0.2, 0.25) is 5.91 Å². The molecule has 0 atom stereocenters. The van der Waals surface area contributed by atoms with E-state index in [0.717, 1.165) is 0 Å². The summed E-state index contributed by atoms with van der Waals surface area (Å²) in [7, 11) is 1.61. The number of carbonyl (C=O) groups excluding carboxylic acids is 1. The standard InChI is InChI=1S/C6H13NO2S/c1-7-6(8)2-3-9-4-5-10/h10H,2-5H2,1H3,(H,7,8). The van der Waals surface area contributed by atoms with Gasteiger partial charge in [0.15, 0.2) is 0 Å². The van der Waals surface area contributed by atoms with E-state index in [0.29, 0.717) is 25.4 Å². The summed E-state index contributed by atoms with van der Waals surface area (Å²) in [6.45, 7) is 1.10. The van der Waals surface area contributed by atoms with Gasteiger partial charge < -0.3 is 10.1 Å². The summed E-state index contributed by atoms with van der Waals surface area (Å²) >= 11 is 3.94. The quantitative estimate of drug-likeness (QED) is 0.444. The van der Waals surface area contributed by atoms with E-state index in [1.807, 2.05) is 0 Å². The second-order valence-corrected chi connectivity index (χ2v) is 2.21. The molecule has 10 heavy (non-hydrogen) atoms. The van der Waals surface area contributed by atoms with Gasteiger partial charge in [-0.3, -0.25) is 4.79 Å². The van der Waals surface area contributed by atoms with Crippen LogP contribution in [0.2, 0.25) is 0 Å². The fourth-order valence-electron chi connectivity index (χ4n) is 0.456. The van der Waals surface area contributed by atoms with Gasteiger partial charge in [-0.2, -0.15) is 12.6 Å². The van der Waals surface area contributed by atoms with E-state index in [2.05, 4.69) is 17.9 Å². The Hall–Kier alpha value is -0.220. The summed E-state index contributed by atoms with van der Waals surface area (Å²) in [5.74, 6) is 0.715. The van der Waals surface area contributed by atoms with Crippen molar-refractivity contribution in [2.75, 3.05) is 26.0 Å². The Balaban J connectivity index is 2.96. The summed E-state index contributed by atoms with van der Waals surface area (Å²) in [4.78, 5) is 10.6. The Bertz CT molecular complexity index is 97.7. The number of hydrogen-bond acceptors (Lipinski definition) is 3. The fourth-order valence-corrected chi connectivity index (χ4v) is 0.586. The molecule has 3 nitrogen and oxygen atoms in total. The third kappa shape index (κ3) is 5.91. The first kappa shape index (κ1) is 9.78. The minimum Gasteiger partial charge on any atom is -0.380 e. The molecule has 60 valence electrons. The lowest BCUT2D eigenvalue weighted by Crippen LogP contribution is -2.19. The van der Waals surface area contributed by atoms with Crippen LogP contribution in [0.4, 0.5) is 0 Å². The average molecular weight is 163 g/mol. The van der Waals surface area contributed by atoms with E-state index in [1.165, 1.54) is 0 Å². The van der Waals surface area contributed by atoms with Crippen LogP contribution in [0.25, 0.3) is 0 Å². The lowest BCUT2D eigenvalue weighted by molar-refractivity contribution is -0.121. The second kappa shape index (κ2) is 6.89. The highest BCUT2D eigenvalue weighted by Crippen LogP contribution is 1.83. The Kier molecular flexibility index (Phi) is 6.74. The second-order valence-electron chi connectivity index (χ2n) is 1.76. The lowest BCUT2D eigenvalue weighted by Gasteiger charge is -1.99. The molecule has 0 radical (unpaired) electrons. The SMILES string of the molecule is CNC(=O)CCOCCS. The highest BCUT2D eigenvalue weighted by atomic mass is 32.1. The van der Waals surface area contributed by atoms with E-state index in [-0.39, 0.29) is 5.91 Å². The number of carbonyl (C=O) groups is 1. The third-order valence-corrected chi connectivity index (χ3v) is 1.17. The van der Waals surface area contributed by atoms with Crippen molar-refractivity contribution in [3.8, 4) is 0 Å². The van der Waals surface area contributed by atoms with Crippen molar-refractivity contribution in [2.24, 2.45) is 0 Å². The van der Waals surface area contributed by atoms with Crippen molar-refractivity contribution < 1.29 is 9.53 Å². The predicted molar refractivity (Wildman–Crippen MR) is 43.4 cm³/mol. The first-order valence-corrected chi connectivity index (χ1v) is 3.83. The molecule has 0 fully saturated rings. The Labute approximate surface area is 66.5 Å². The highest BCUT2D eigenvalue weighted by Gasteiger charge is 1.95. The Morgan fingerprint density at radius 3 is 2.80 bits per heavy atom. The minimum atomic E-state index is 0.0131. The zero-order valence-corrected chi connectivity index (χ0v) is 6.99. The Morgan fingerprint density at radius 2 is 2.30 bits per heavy atom. The largest absolute Gasteiger partial charge is 0.380 e. The van der Waals surface area contributed by atoms with Gasteiger partial charge in [-0.05, 0) is 0 Å². The summed E-state index contributed by atoms with van der Waals surface area (Å²) in [6, 6.07) is 0. The average Bonchev–Trinajstić information content (AvgIpc) is 1.98. The van der Waals surface area contributed by atoms with Crippen molar-refractivity contribution in [1.82, 2.24) is 5.32 Å². The molecule has 0 spiro atoms. The van der Waals surface area contributed by atoms with Crippen LogP contribution in [-0.2, 0) is 9.53 Å². The molecule has 0 aliphatic carbocycles. The summed E-state index contributed by atoms with van der Waals surface area (Å²) in [6.07, 6.45) is 0.435. The highest BCUT2D eigenvalue weighted by molar-refractivity contribution is 7.80. The van der Waals surface area contributed by atoms with Gasteiger partial charge >= 0.3 is 0 Å². The molecule has 0 aliphatic heterocycles. The molecule has 0 saturated carbocycles. The van der Waals surface area contributed by atoms with Gasteiger partial charge in [-0.1, -0.05) is 0 Å². The molecule has 0 unspecified atom stereocenters. The van der Waals surface area contributed by atoms with Crippen LogP contribution in [0, 0.1) is 0 Å². The van der Waals surface area contributed by atoms with Gasteiger partial charge in [0, 0.05) is 19.2 Å².